The maximum Gasteiger partial charge on any atom is 0.134 e. The van der Waals surface area contributed by atoms with Crippen LogP contribution in [0.25, 0.3) is 0 Å². The molecule has 0 aliphatic rings. The molecule has 0 radical (unpaired) electrons. The fourth-order valence-electron chi connectivity index (χ4n) is 1.87. The summed E-state index contributed by atoms with van der Waals surface area (Å²) < 4.78 is 0. The summed E-state index contributed by atoms with van der Waals surface area (Å²) in [6.45, 7) is 12.0. The number of hydrogen-bond donors (Lipinski definition) is 2. The van der Waals surface area contributed by atoms with Gasteiger partial charge in [-0.05, 0) is 26.7 Å². The molecule has 0 amide bonds. The van der Waals surface area contributed by atoms with Gasteiger partial charge in [-0.2, -0.15) is 0 Å². The van der Waals surface area contributed by atoms with E-state index < -0.39 is 0 Å². The average Bonchev–Trinajstić information content (AvgIpc) is 2.38. The first kappa shape index (κ1) is 17.6. The highest BCUT2D eigenvalue weighted by molar-refractivity contribution is 6.14. The molecular formula is C16H29N3. The van der Waals surface area contributed by atoms with Gasteiger partial charge in [-0.15, -0.1) is 0 Å². The minimum Gasteiger partial charge on any atom is -0.367 e. The van der Waals surface area contributed by atoms with Crippen molar-refractivity contribution >= 4 is 12.1 Å². The standard InChI is InChI=1S/C16H29N3/c1-6-9-10-11-15(8-3)19-16(18-13(4)5)14(7-2)12-17/h7,12,15,17H,4,6,8-11H2,1-3,5H3,(H,18,19)/b14-7-,17-12?. The van der Waals surface area contributed by atoms with Crippen molar-refractivity contribution in [3.63, 3.8) is 0 Å². The van der Waals surface area contributed by atoms with Crippen molar-refractivity contribution in [2.75, 3.05) is 0 Å². The molecule has 0 saturated carbocycles. The lowest BCUT2D eigenvalue weighted by molar-refractivity contribution is 0.509. The summed E-state index contributed by atoms with van der Waals surface area (Å²) in [5.41, 5.74) is 1.57. The number of nitrogens with zero attached hydrogens (tertiary/aromatic N) is 1. The lowest BCUT2D eigenvalue weighted by Gasteiger charge is -2.20. The quantitative estimate of drug-likeness (QED) is 0.360. The van der Waals surface area contributed by atoms with Crippen molar-refractivity contribution in [3.05, 3.63) is 23.9 Å². The lowest BCUT2D eigenvalue weighted by Crippen LogP contribution is -2.36. The molecular weight excluding hydrogens is 234 g/mol. The van der Waals surface area contributed by atoms with Crippen LogP contribution >= 0.6 is 0 Å². The van der Waals surface area contributed by atoms with Gasteiger partial charge in [0, 0.05) is 23.5 Å². The summed E-state index contributed by atoms with van der Waals surface area (Å²) in [5, 5.41) is 10.9. The molecule has 0 aliphatic carbocycles. The van der Waals surface area contributed by atoms with Crippen LogP contribution in [0.15, 0.2) is 28.9 Å². The Hall–Kier alpha value is -1.38. The zero-order chi connectivity index (χ0) is 14.7. The number of rotatable bonds is 9. The summed E-state index contributed by atoms with van der Waals surface area (Å²) >= 11 is 0. The van der Waals surface area contributed by atoms with Crippen LogP contribution in [0.4, 0.5) is 0 Å². The van der Waals surface area contributed by atoms with Crippen molar-refractivity contribution in [3.8, 4) is 0 Å². The third-order valence-corrected chi connectivity index (χ3v) is 3.03. The number of unbranched alkanes of at least 4 members (excludes halogenated alkanes) is 2. The largest absolute Gasteiger partial charge is 0.367 e. The molecule has 0 heterocycles. The smallest absolute Gasteiger partial charge is 0.134 e. The molecule has 0 saturated heterocycles. The molecule has 2 N–H and O–H groups in total. The lowest BCUT2D eigenvalue weighted by atomic mass is 10.1. The Kier molecular flexibility index (Phi) is 9.77. The first-order chi connectivity index (χ1) is 9.08. The second-order valence-electron chi connectivity index (χ2n) is 4.83. The van der Waals surface area contributed by atoms with Crippen LogP contribution < -0.4 is 5.32 Å². The molecule has 0 fully saturated rings. The van der Waals surface area contributed by atoms with Gasteiger partial charge >= 0.3 is 0 Å². The summed E-state index contributed by atoms with van der Waals surface area (Å²) in [6, 6.07) is 0.416. The molecule has 0 bridgehead atoms. The Balaban J connectivity index is 4.78. The molecule has 0 rings (SSSR count). The molecule has 108 valence electrons. The minimum atomic E-state index is 0.416. The highest BCUT2D eigenvalue weighted by Crippen LogP contribution is 2.08. The van der Waals surface area contributed by atoms with E-state index in [-0.39, 0.29) is 0 Å². The van der Waals surface area contributed by atoms with Gasteiger partial charge in [0.1, 0.15) is 5.84 Å². The summed E-state index contributed by atoms with van der Waals surface area (Å²) in [7, 11) is 0. The second-order valence-corrected chi connectivity index (χ2v) is 4.83. The predicted molar refractivity (Wildman–Crippen MR) is 86.1 cm³/mol. The molecule has 0 spiro atoms. The predicted octanol–water partition coefficient (Wildman–Crippen LogP) is 4.46. The maximum absolute atomic E-state index is 7.46. The summed E-state index contributed by atoms with van der Waals surface area (Å²) in [5.74, 6) is 0.772. The molecule has 0 aromatic carbocycles. The van der Waals surface area contributed by atoms with Gasteiger partial charge in [-0.25, -0.2) is 4.99 Å². The van der Waals surface area contributed by atoms with Gasteiger partial charge in [0.25, 0.3) is 0 Å². The van der Waals surface area contributed by atoms with Crippen molar-refractivity contribution in [1.82, 2.24) is 5.32 Å². The number of amidine groups is 1. The van der Waals surface area contributed by atoms with Crippen LogP contribution in [-0.2, 0) is 0 Å². The molecule has 3 heteroatoms. The van der Waals surface area contributed by atoms with E-state index >= 15 is 0 Å². The minimum absolute atomic E-state index is 0.416. The summed E-state index contributed by atoms with van der Waals surface area (Å²) in [4.78, 5) is 4.43. The van der Waals surface area contributed by atoms with Crippen LogP contribution in [-0.4, -0.2) is 18.1 Å². The van der Waals surface area contributed by atoms with E-state index in [1.165, 1.54) is 25.5 Å². The van der Waals surface area contributed by atoms with E-state index in [9.17, 15) is 0 Å². The third kappa shape index (κ3) is 7.60. The molecule has 3 nitrogen and oxygen atoms in total. The van der Waals surface area contributed by atoms with Crippen LogP contribution in [0.2, 0.25) is 0 Å². The number of allylic oxidation sites excluding steroid dienone is 2. The molecule has 0 aliphatic heterocycles. The van der Waals surface area contributed by atoms with Gasteiger partial charge in [0.15, 0.2) is 0 Å². The molecule has 19 heavy (non-hydrogen) atoms. The topological polar surface area (TPSA) is 48.2 Å². The number of nitrogens with one attached hydrogen (secondary N) is 2. The van der Waals surface area contributed by atoms with Gasteiger partial charge in [-0.3, -0.25) is 0 Å². The molecule has 1 atom stereocenters. The van der Waals surface area contributed by atoms with E-state index in [0.29, 0.717) is 6.04 Å². The molecule has 0 aromatic rings. The second kappa shape index (κ2) is 10.5. The fraction of sp³-hybridized carbons (Fsp3) is 0.625. The van der Waals surface area contributed by atoms with Crippen molar-refractivity contribution in [2.24, 2.45) is 4.99 Å². The van der Waals surface area contributed by atoms with Gasteiger partial charge in [-0.1, -0.05) is 45.8 Å². The van der Waals surface area contributed by atoms with E-state index in [1.54, 1.807) is 0 Å². The Labute approximate surface area is 118 Å². The van der Waals surface area contributed by atoms with Crippen molar-refractivity contribution in [2.45, 2.75) is 65.8 Å². The van der Waals surface area contributed by atoms with E-state index in [4.69, 9.17) is 5.41 Å². The summed E-state index contributed by atoms with van der Waals surface area (Å²) in [6.07, 6.45) is 9.20. The zero-order valence-corrected chi connectivity index (χ0v) is 12.9. The normalized spacial score (nSPS) is 14.1. The molecule has 0 aromatic heterocycles. The SMILES string of the molecule is C=C(C)/N=C(NC(CC)CCCCC)\C(C=N)=C/C. The third-order valence-electron chi connectivity index (χ3n) is 3.03. The Bertz CT molecular complexity index is 340. The van der Waals surface area contributed by atoms with Crippen molar-refractivity contribution < 1.29 is 0 Å². The zero-order valence-electron chi connectivity index (χ0n) is 12.9. The highest BCUT2D eigenvalue weighted by atomic mass is 15.0. The number of aliphatic imine (C=N–C) groups is 1. The van der Waals surface area contributed by atoms with E-state index in [1.807, 2.05) is 19.9 Å². The van der Waals surface area contributed by atoms with Gasteiger partial charge in [0.2, 0.25) is 0 Å². The van der Waals surface area contributed by atoms with E-state index in [0.717, 1.165) is 29.9 Å². The monoisotopic (exact) mass is 263 g/mol. The Morgan fingerprint density at radius 3 is 2.47 bits per heavy atom. The van der Waals surface area contributed by atoms with Crippen LogP contribution in [0.3, 0.4) is 0 Å². The van der Waals surface area contributed by atoms with Gasteiger partial charge in [0.05, 0.1) is 0 Å². The fourth-order valence-corrected chi connectivity index (χ4v) is 1.87. The first-order valence-electron chi connectivity index (χ1n) is 7.26. The van der Waals surface area contributed by atoms with Crippen LogP contribution in [0.5, 0.6) is 0 Å². The van der Waals surface area contributed by atoms with Crippen LogP contribution in [0.1, 0.15) is 59.8 Å². The van der Waals surface area contributed by atoms with Crippen LogP contribution in [0, 0.1) is 5.41 Å². The molecule has 1 unspecified atom stereocenters. The average molecular weight is 263 g/mol. The van der Waals surface area contributed by atoms with Gasteiger partial charge < -0.3 is 10.7 Å². The highest BCUT2D eigenvalue weighted by Gasteiger charge is 2.11. The number of hydrogen-bond acceptors (Lipinski definition) is 2. The maximum atomic E-state index is 7.46. The first-order valence-corrected chi connectivity index (χ1v) is 7.26. The Morgan fingerprint density at radius 1 is 1.37 bits per heavy atom. The van der Waals surface area contributed by atoms with E-state index in [2.05, 4.69) is 30.7 Å². The Morgan fingerprint density at radius 2 is 2.05 bits per heavy atom. The van der Waals surface area contributed by atoms with Crippen molar-refractivity contribution in [1.29, 1.82) is 5.41 Å².